The van der Waals surface area contributed by atoms with Crippen LogP contribution < -0.4 is 0 Å². The maximum Gasteiger partial charge on any atom is 0.139 e. The molecule has 2 aromatic heterocycles. The van der Waals surface area contributed by atoms with Gasteiger partial charge in [-0.15, -0.1) is 15.3 Å². The maximum atomic E-state index is 3.98. The number of nitrogens with zero attached hydrogens (tertiary/aromatic N) is 6. The molecule has 0 saturated heterocycles. The second-order valence-corrected chi connectivity index (χ2v) is 2.76. The first kappa shape index (κ1) is 6.53. The summed E-state index contributed by atoms with van der Waals surface area (Å²) in [4.78, 5) is 0. The predicted octanol–water partition coefficient (Wildman–Crippen LogP) is -0.372. The van der Waals surface area contributed by atoms with Crippen molar-refractivity contribution in [3.05, 3.63) is 23.5 Å². The molecule has 62 valence electrons. The summed E-state index contributed by atoms with van der Waals surface area (Å²) in [6, 6.07) is 1.91. The van der Waals surface area contributed by atoms with Crippen LogP contribution in [0.1, 0.15) is 11.3 Å². The number of rotatable bonds is 0. The van der Waals surface area contributed by atoms with E-state index in [1.54, 1.807) is 6.20 Å². The Bertz CT molecular complexity index is 425. The van der Waals surface area contributed by atoms with Crippen LogP contribution in [0.4, 0.5) is 0 Å². The molecule has 0 aromatic carbocycles. The lowest BCUT2D eigenvalue weighted by Crippen LogP contribution is -1.97. The van der Waals surface area contributed by atoms with Gasteiger partial charge >= 0.3 is 0 Å². The first-order valence-corrected chi connectivity index (χ1v) is 3.81. The zero-order valence-corrected chi connectivity index (χ0v) is 6.55. The molecule has 6 nitrogen and oxygen atoms in total. The van der Waals surface area contributed by atoms with Gasteiger partial charge in [-0.2, -0.15) is 5.10 Å². The van der Waals surface area contributed by atoms with Gasteiger partial charge in [0, 0.05) is 12.6 Å². The van der Waals surface area contributed by atoms with Crippen LogP contribution in [0.15, 0.2) is 12.3 Å². The maximum absolute atomic E-state index is 3.98. The van der Waals surface area contributed by atoms with Gasteiger partial charge in [0.05, 0.1) is 5.69 Å². The molecule has 0 saturated carbocycles. The Morgan fingerprint density at radius 3 is 2.92 bits per heavy atom. The number of hydrogen-bond donors (Lipinski definition) is 0. The highest BCUT2D eigenvalue weighted by molar-refractivity contribution is 5.66. The number of aromatic nitrogens is 6. The minimum absolute atomic E-state index is 0.707. The summed E-state index contributed by atoms with van der Waals surface area (Å²) in [5.41, 5.74) is 3.39. The van der Waals surface area contributed by atoms with Gasteiger partial charge < -0.3 is 0 Å². The summed E-state index contributed by atoms with van der Waals surface area (Å²) in [5.74, 6) is 0. The van der Waals surface area contributed by atoms with Gasteiger partial charge in [-0.25, -0.2) is 0 Å². The Hall–Kier alpha value is -1.98. The third kappa shape index (κ3) is 0.821. The third-order valence-electron chi connectivity index (χ3n) is 2.01. The van der Waals surface area contributed by atoms with E-state index in [2.05, 4.69) is 30.8 Å². The lowest BCUT2D eigenvalue weighted by molar-refractivity contribution is 0.745. The van der Waals surface area contributed by atoms with E-state index in [1.165, 1.54) is 0 Å². The van der Waals surface area contributed by atoms with Crippen molar-refractivity contribution < 1.29 is 0 Å². The minimum atomic E-state index is 0.707. The molecule has 0 aliphatic heterocycles. The molecular formula is C7H4N6. The van der Waals surface area contributed by atoms with Gasteiger partial charge in [0.25, 0.3) is 0 Å². The highest BCUT2D eigenvalue weighted by atomic mass is 15.4. The zero-order valence-electron chi connectivity index (χ0n) is 6.55. The molecule has 1 aliphatic rings. The molecule has 13 heavy (non-hydrogen) atoms. The number of fused-ring (bicyclic) bond motifs is 3. The Morgan fingerprint density at radius 2 is 1.92 bits per heavy atom. The first-order valence-electron chi connectivity index (χ1n) is 3.81. The van der Waals surface area contributed by atoms with E-state index in [0.717, 1.165) is 23.4 Å². The SMILES string of the molecule is c1cc2c(nn1)-c1nnnnc1C2. The molecule has 6 heteroatoms. The van der Waals surface area contributed by atoms with E-state index in [9.17, 15) is 0 Å². The van der Waals surface area contributed by atoms with Crippen molar-refractivity contribution in [2.24, 2.45) is 0 Å². The third-order valence-corrected chi connectivity index (χ3v) is 2.01. The molecule has 0 spiro atoms. The van der Waals surface area contributed by atoms with Crippen LogP contribution in [0.5, 0.6) is 0 Å². The molecule has 0 N–H and O–H groups in total. The standard InChI is InChI=1S/C7H4N6/c1-2-8-10-6-4(1)3-5-7(6)11-13-12-9-5/h1-2H,3H2. The predicted molar refractivity (Wildman–Crippen MR) is 41.5 cm³/mol. The molecule has 3 rings (SSSR count). The molecule has 0 radical (unpaired) electrons. The average Bonchev–Trinajstić information content (AvgIpc) is 2.56. The molecule has 2 aromatic rings. The Labute approximate surface area is 73.0 Å². The lowest BCUT2D eigenvalue weighted by Gasteiger charge is -1.92. The molecule has 0 atom stereocenters. The highest BCUT2D eigenvalue weighted by Crippen LogP contribution is 2.29. The monoisotopic (exact) mass is 172 g/mol. The van der Waals surface area contributed by atoms with Gasteiger partial charge in [-0.1, -0.05) is 0 Å². The van der Waals surface area contributed by atoms with Gasteiger partial charge in [0.1, 0.15) is 11.4 Å². The molecule has 0 amide bonds. The van der Waals surface area contributed by atoms with Crippen LogP contribution >= 0.6 is 0 Å². The quantitative estimate of drug-likeness (QED) is 0.460. The normalized spacial score (nSPS) is 12.3. The van der Waals surface area contributed by atoms with E-state index in [4.69, 9.17) is 0 Å². The zero-order chi connectivity index (χ0) is 8.67. The fourth-order valence-electron chi connectivity index (χ4n) is 1.43. The average molecular weight is 172 g/mol. The van der Waals surface area contributed by atoms with E-state index >= 15 is 0 Å². The van der Waals surface area contributed by atoms with Crippen molar-refractivity contribution in [2.75, 3.05) is 0 Å². The second kappa shape index (κ2) is 2.25. The molecule has 2 heterocycles. The van der Waals surface area contributed by atoms with Crippen molar-refractivity contribution in [1.29, 1.82) is 0 Å². The lowest BCUT2D eigenvalue weighted by atomic mass is 10.2. The van der Waals surface area contributed by atoms with Crippen LogP contribution in [-0.2, 0) is 6.42 Å². The smallest absolute Gasteiger partial charge is 0.139 e. The van der Waals surface area contributed by atoms with Crippen LogP contribution in [0.25, 0.3) is 11.4 Å². The van der Waals surface area contributed by atoms with Crippen molar-refractivity contribution in [2.45, 2.75) is 6.42 Å². The summed E-state index contributed by atoms with van der Waals surface area (Å²) in [7, 11) is 0. The largest absolute Gasteiger partial charge is 0.158 e. The summed E-state index contributed by atoms with van der Waals surface area (Å²) >= 11 is 0. The topological polar surface area (TPSA) is 77.3 Å². The van der Waals surface area contributed by atoms with Crippen molar-refractivity contribution in [3.8, 4) is 11.4 Å². The minimum Gasteiger partial charge on any atom is -0.158 e. The van der Waals surface area contributed by atoms with Crippen LogP contribution in [0.2, 0.25) is 0 Å². The van der Waals surface area contributed by atoms with E-state index < -0.39 is 0 Å². The molecule has 0 fully saturated rings. The van der Waals surface area contributed by atoms with E-state index in [0.29, 0.717) is 5.69 Å². The Kier molecular flexibility index (Phi) is 1.13. The summed E-state index contributed by atoms with van der Waals surface area (Å²) < 4.78 is 0. The van der Waals surface area contributed by atoms with Gasteiger partial charge in [-0.3, -0.25) is 0 Å². The first-order chi connectivity index (χ1) is 6.45. The van der Waals surface area contributed by atoms with Crippen LogP contribution in [0, 0.1) is 0 Å². The summed E-state index contributed by atoms with van der Waals surface area (Å²) in [6.07, 6.45) is 2.38. The second-order valence-electron chi connectivity index (χ2n) is 2.76. The highest BCUT2D eigenvalue weighted by Gasteiger charge is 2.23. The number of hydrogen-bond acceptors (Lipinski definition) is 6. The molecule has 1 aliphatic carbocycles. The van der Waals surface area contributed by atoms with Crippen LogP contribution in [0.3, 0.4) is 0 Å². The van der Waals surface area contributed by atoms with Crippen molar-refractivity contribution in [3.63, 3.8) is 0 Å². The van der Waals surface area contributed by atoms with Gasteiger partial charge in [0.2, 0.25) is 0 Å². The van der Waals surface area contributed by atoms with E-state index in [1.807, 2.05) is 6.07 Å². The molecule has 0 unspecified atom stereocenters. The van der Waals surface area contributed by atoms with Crippen LogP contribution in [-0.4, -0.2) is 30.8 Å². The van der Waals surface area contributed by atoms with Gasteiger partial charge in [-0.05, 0) is 22.1 Å². The Balaban J connectivity index is 2.32. The van der Waals surface area contributed by atoms with Crippen molar-refractivity contribution >= 4 is 0 Å². The molecule has 0 bridgehead atoms. The Morgan fingerprint density at radius 1 is 1.00 bits per heavy atom. The van der Waals surface area contributed by atoms with E-state index in [-0.39, 0.29) is 0 Å². The summed E-state index contributed by atoms with van der Waals surface area (Å²) in [6.45, 7) is 0. The fourth-order valence-corrected chi connectivity index (χ4v) is 1.43. The van der Waals surface area contributed by atoms with Gasteiger partial charge in [0.15, 0.2) is 0 Å². The fraction of sp³-hybridized carbons (Fsp3) is 0.143. The molecular weight excluding hydrogens is 168 g/mol. The summed E-state index contributed by atoms with van der Waals surface area (Å²) in [5, 5.41) is 22.5. The van der Waals surface area contributed by atoms with Crippen molar-refractivity contribution in [1.82, 2.24) is 30.8 Å².